The van der Waals surface area contributed by atoms with Gasteiger partial charge in [-0.25, -0.2) is 4.79 Å². The number of hydrogen-bond acceptors (Lipinski definition) is 25. The van der Waals surface area contributed by atoms with Crippen molar-refractivity contribution in [3.8, 4) is 0 Å². The van der Waals surface area contributed by atoms with Crippen LogP contribution in [0.4, 0.5) is 0 Å². The second-order valence-corrected chi connectivity index (χ2v) is 27.3. The minimum atomic E-state index is -2.07. The number of rotatable bonds is 15. The molecule has 0 bridgehead atoms. The molecule has 9 rings (SSSR count). The maximum Gasteiger partial charge on any atom is 0.335 e. The number of aliphatic hydroxyl groups excluding tert-OH is 15. The summed E-state index contributed by atoms with van der Waals surface area (Å²) < 4.78 is 55.5. The van der Waals surface area contributed by atoms with Crippen molar-refractivity contribution in [2.75, 3.05) is 33.0 Å². The molecule has 0 spiro atoms. The van der Waals surface area contributed by atoms with Crippen LogP contribution in [0.1, 0.15) is 113 Å². The Bertz CT molecular complexity index is 2320. The number of esters is 1. The van der Waals surface area contributed by atoms with Gasteiger partial charge in [0.15, 0.2) is 25.2 Å². The summed E-state index contributed by atoms with van der Waals surface area (Å²) in [6.45, 7) is 12.8. The van der Waals surface area contributed by atoms with Crippen LogP contribution in [0.5, 0.6) is 0 Å². The lowest BCUT2D eigenvalue weighted by atomic mass is 9.33. The van der Waals surface area contributed by atoms with E-state index in [2.05, 4.69) is 40.7 Å². The molecular formula is C58H94O25. The molecule has 5 aliphatic carbocycles. The third kappa shape index (κ3) is 10.9. The molecule has 0 radical (unpaired) electrons. The summed E-state index contributed by atoms with van der Waals surface area (Å²) in [6, 6.07) is 0. The van der Waals surface area contributed by atoms with E-state index < -0.39 is 201 Å². The number of carbonyl (C=O) groups excluding carboxylic acids is 1. The average molecular weight is 1190 g/mol. The molecule has 9 aliphatic rings. The zero-order valence-corrected chi connectivity index (χ0v) is 48.8. The Morgan fingerprint density at radius 2 is 1.20 bits per heavy atom. The SMILES string of the molecule is C/C=C(/C)C(=O)OC(O)[C@]1(C)[C@@H](O[C@@H]2O[C@H](CO)[C@@H](O)[C@H](OC3OC[C@H](O)[C@H](O)[C@H]3O[C@@H]3OC(CO)[C@@H](O)[C@H](O)C3O)[C@H]2O[C@@H]2O[C@H](CO)[C@@H](O)[C@H](O)[C@H]2O)CC[C@@]2(C)[C@H]1CC[C@]1(C)[C@@H]2CC=C2[C@@H]3CC(C)(C)CC[C@]3(CO)[C@H](O)C[C@]21C. The van der Waals surface area contributed by atoms with Crippen molar-refractivity contribution in [2.45, 2.75) is 248 Å². The van der Waals surface area contributed by atoms with Gasteiger partial charge in [0, 0.05) is 11.0 Å². The molecule has 4 unspecified atom stereocenters. The van der Waals surface area contributed by atoms with Crippen LogP contribution in [0.25, 0.3) is 0 Å². The van der Waals surface area contributed by atoms with Gasteiger partial charge in [-0.05, 0) is 111 Å². The average Bonchev–Trinajstić information content (AvgIpc) is 0.968. The van der Waals surface area contributed by atoms with Crippen molar-refractivity contribution in [1.82, 2.24) is 0 Å². The molecule has 0 amide bonds. The van der Waals surface area contributed by atoms with Crippen LogP contribution in [0.15, 0.2) is 23.3 Å². The summed E-state index contributed by atoms with van der Waals surface area (Å²) in [7, 11) is 0. The van der Waals surface area contributed by atoms with E-state index in [1.165, 1.54) is 5.57 Å². The molecule has 15 N–H and O–H groups in total. The quantitative estimate of drug-likeness (QED) is 0.0273. The van der Waals surface area contributed by atoms with Crippen LogP contribution in [-0.4, -0.2) is 251 Å². The third-order valence-electron chi connectivity index (χ3n) is 22.4. The molecule has 4 saturated heterocycles. The summed E-state index contributed by atoms with van der Waals surface area (Å²) in [5.41, 5.74) is -2.31. The summed E-state index contributed by atoms with van der Waals surface area (Å²) in [4.78, 5) is 13.8. The van der Waals surface area contributed by atoms with Gasteiger partial charge in [0.1, 0.15) is 91.6 Å². The van der Waals surface area contributed by atoms with E-state index in [-0.39, 0.29) is 35.9 Å². The Balaban J connectivity index is 1.10. The second kappa shape index (κ2) is 24.4. The first kappa shape index (κ1) is 65.5. The number of fused-ring (bicyclic) bond motifs is 7. The van der Waals surface area contributed by atoms with E-state index in [4.69, 9.17) is 42.6 Å². The molecule has 4 saturated carbocycles. The van der Waals surface area contributed by atoms with Crippen LogP contribution in [-0.2, 0) is 47.4 Å². The largest absolute Gasteiger partial charge is 0.432 e. The Kier molecular flexibility index (Phi) is 19.3. The summed E-state index contributed by atoms with van der Waals surface area (Å²) in [5, 5.41) is 167. The highest BCUT2D eigenvalue weighted by atomic mass is 16.8. The normalized spacial score (nSPS) is 52.2. The zero-order chi connectivity index (χ0) is 60.8. The molecule has 0 aromatic heterocycles. The number of aliphatic hydroxyl groups is 15. The molecule has 25 heteroatoms. The molecule has 83 heavy (non-hydrogen) atoms. The second-order valence-electron chi connectivity index (χ2n) is 27.3. The fraction of sp³-hybridized carbons (Fsp3) is 0.914. The first-order valence-electron chi connectivity index (χ1n) is 29.6. The van der Waals surface area contributed by atoms with Crippen molar-refractivity contribution in [3.05, 3.63) is 23.3 Å². The van der Waals surface area contributed by atoms with E-state index in [0.29, 0.717) is 38.5 Å². The Morgan fingerprint density at radius 1 is 0.639 bits per heavy atom. The predicted molar refractivity (Wildman–Crippen MR) is 284 cm³/mol. The minimum absolute atomic E-state index is 0.0190. The lowest BCUT2D eigenvalue weighted by Crippen LogP contribution is -2.70. The van der Waals surface area contributed by atoms with Gasteiger partial charge in [-0.2, -0.15) is 0 Å². The van der Waals surface area contributed by atoms with Gasteiger partial charge in [-0.3, -0.25) is 0 Å². The monoisotopic (exact) mass is 1190 g/mol. The molecule has 25 nitrogen and oxygen atoms in total. The van der Waals surface area contributed by atoms with Gasteiger partial charge in [0.25, 0.3) is 0 Å². The van der Waals surface area contributed by atoms with Crippen molar-refractivity contribution in [2.24, 2.45) is 50.2 Å². The summed E-state index contributed by atoms with van der Waals surface area (Å²) >= 11 is 0. The molecule has 476 valence electrons. The lowest BCUT2D eigenvalue weighted by molar-refractivity contribution is -0.407. The molecule has 4 heterocycles. The first-order chi connectivity index (χ1) is 39.0. The first-order valence-corrected chi connectivity index (χ1v) is 29.6. The number of carbonyl (C=O) groups is 1. The Hall–Kier alpha value is -1.97. The van der Waals surface area contributed by atoms with Gasteiger partial charge in [-0.15, -0.1) is 0 Å². The van der Waals surface area contributed by atoms with Crippen LogP contribution in [0.2, 0.25) is 0 Å². The van der Waals surface area contributed by atoms with Crippen LogP contribution in [0.3, 0.4) is 0 Å². The van der Waals surface area contributed by atoms with Crippen molar-refractivity contribution in [1.29, 1.82) is 0 Å². The molecule has 0 aromatic carbocycles. The van der Waals surface area contributed by atoms with E-state index >= 15 is 0 Å². The van der Waals surface area contributed by atoms with Crippen molar-refractivity contribution in [3.63, 3.8) is 0 Å². The van der Waals surface area contributed by atoms with E-state index in [1.807, 2.05) is 0 Å². The third-order valence-corrected chi connectivity index (χ3v) is 22.4. The number of hydrogen-bond donors (Lipinski definition) is 15. The van der Waals surface area contributed by atoms with Crippen molar-refractivity contribution >= 4 is 5.97 Å². The maximum atomic E-state index is 13.8. The Morgan fingerprint density at radius 3 is 1.78 bits per heavy atom. The summed E-state index contributed by atoms with van der Waals surface area (Å²) in [5.74, 6) is -1.43. The van der Waals surface area contributed by atoms with Gasteiger partial charge < -0.3 is 119 Å². The molecular weight excluding hydrogens is 1100 g/mol. The van der Waals surface area contributed by atoms with Crippen LogP contribution >= 0.6 is 0 Å². The maximum absolute atomic E-state index is 13.8. The standard InChI is InChI=1S/C58H94O25/c1-9-25(2)47(73)83-52(74)57(8)33-12-15-55(6)32(11-10-26-27-18-53(3,4)16-17-58(27,24-62)34(64)19-56(26,55)7)54(33,5)14-13-35(57)79-51-46(82-49-43(72)41(70)38(67)30(21-60)77-49)44(39(68)31(22-61)78-51)80-50-45(36(65)28(63)23-75-50)81-48-42(71)40(69)37(66)29(20-59)76-48/h9-10,27-46,48-52,59-72,74H,11-24H2,1-8H3/b25-9-/t27-,28-,29?,30+,31+,32+,33+,34+,35-,36-,37+,38+,39+,40-,41-,42?,43+,44-,45+,46+,48-,49-,50?,51-,52?,54+,55+,56+,57-,58+/m0/s1. The van der Waals surface area contributed by atoms with Gasteiger partial charge in [-0.1, -0.05) is 59.3 Å². The van der Waals surface area contributed by atoms with Gasteiger partial charge in [0.2, 0.25) is 6.29 Å². The molecule has 0 aromatic rings. The fourth-order valence-electron chi connectivity index (χ4n) is 16.9. The van der Waals surface area contributed by atoms with E-state index in [9.17, 15) is 81.4 Å². The summed E-state index contributed by atoms with van der Waals surface area (Å²) in [6.07, 6.45) is -30.0. The van der Waals surface area contributed by atoms with E-state index in [0.717, 1.165) is 12.8 Å². The Labute approximate surface area is 483 Å². The van der Waals surface area contributed by atoms with Crippen LogP contribution < -0.4 is 0 Å². The lowest BCUT2D eigenvalue weighted by Gasteiger charge is -2.72. The van der Waals surface area contributed by atoms with Gasteiger partial charge >= 0.3 is 5.97 Å². The van der Waals surface area contributed by atoms with Gasteiger partial charge in [0.05, 0.1) is 50.7 Å². The van der Waals surface area contributed by atoms with Crippen LogP contribution in [0, 0.1) is 50.2 Å². The topological polar surface area (TPSA) is 404 Å². The van der Waals surface area contributed by atoms with E-state index in [1.54, 1.807) is 26.8 Å². The highest BCUT2D eigenvalue weighted by Crippen LogP contribution is 2.76. The fourth-order valence-corrected chi connectivity index (χ4v) is 16.9. The smallest absolute Gasteiger partial charge is 0.335 e. The number of allylic oxidation sites excluding steroid dienone is 3. The number of ether oxygens (including phenoxy) is 9. The van der Waals surface area contributed by atoms with Crippen molar-refractivity contribution < 1.29 is 124 Å². The minimum Gasteiger partial charge on any atom is -0.432 e. The zero-order valence-electron chi connectivity index (χ0n) is 48.8. The molecule has 30 atom stereocenters. The highest BCUT2D eigenvalue weighted by molar-refractivity contribution is 5.87. The predicted octanol–water partition coefficient (Wildman–Crippen LogP) is -2.14. The molecule has 4 aliphatic heterocycles. The highest BCUT2D eigenvalue weighted by Gasteiger charge is 2.72. The molecule has 8 fully saturated rings.